The summed E-state index contributed by atoms with van der Waals surface area (Å²) in [7, 11) is 3.07. The molecule has 0 fully saturated rings. The molecule has 31 heavy (non-hydrogen) atoms. The number of benzene rings is 2. The van der Waals surface area contributed by atoms with Crippen LogP contribution in [0.3, 0.4) is 0 Å². The van der Waals surface area contributed by atoms with Crippen LogP contribution in [0.15, 0.2) is 42.5 Å². The number of fused-ring (bicyclic) bond motifs is 1. The van der Waals surface area contributed by atoms with Gasteiger partial charge in [0.15, 0.2) is 5.65 Å². The van der Waals surface area contributed by atoms with Gasteiger partial charge in [-0.1, -0.05) is 11.6 Å². The van der Waals surface area contributed by atoms with E-state index in [4.69, 9.17) is 26.8 Å². The molecule has 0 unspecified atom stereocenters. The van der Waals surface area contributed by atoms with Crippen molar-refractivity contribution in [2.45, 2.75) is 0 Å². The van der Waals surface area contributed by atoms with Crippen LogP contribution >= 0.6 is 11.6 Å². The zero-order valence-corrected chi connectivity index (χ0v) is 17.7. The number of hydrogen-bond donors (Lipinski definition) is 2. The van der Waals surface area contributed by atoms with Crippen molar-refractivity contribution < 1.29 is 13.9 Å². The summed E-state index contributed by atoms with van der Waals surface area (Å²) in [6.45, 7) is 0.925. The lowest BCUT2D eigenvalue weighted by molar-refractivity contribution is 0.210. The highest BCUT2D eigenvalue weighted by molar-refractivity contribution is 6.30. The fraction of sp³-hybridized carbons (Fsp3) is 0.190. The van der Waals surface area contributed by atoms with Crippen molar-refractivity contribution in [1.82, 2.24) is 19.7 Å². The molecule has 10 heteroatoms. The molecular weight excluding hydrogens is 423 g/mol. The molecular formula is C21H20ClFN6O2. The fourth-order valence-corrected chi connectivity index (χ4v) is 3.27. The molecule has 8 nitrogen and oxygen atoms in total. The van der Waals surface area contributed by atoms with Gasteiger partial charge in [-0.15, -0.1) is 5.10 Å². The van der Waals surface area contributed by atoms with Gasteiger partial charge in [0.2, 0.25) is 5.95 Å². The van der Waals surface area contributed by atoms with Crippen LogP contribution in [0.5, 0.6) is 5.75 Å². The third-order valence-corrected chi connectivity index (χ3v) is 4.91. The van der Waals surface area contributed by atoms with Crippen LogP contribution in [-0.2, 0) is 4.74 Å². The molecule has 4 aromatic rings. The molecule has 0 amide bonds. The number of anilines is 2. The minimum Gasteiger partial charge on any atom is -0.497 e. The molecule has 2 heterocycles. The number of halogens is 2. The highest BCUT2D eigenvalue weighted by Crippen LogP contribution is 2.35. The highest BCUT2D eigenvalue weighted by Gasteiger charge is 2.21. The second-order valence-electron chi connectivity index (χ2n) is 6.63. The lowest BCUT2D eigenvalue weighted by atomic mass is 10.1. The Bertz CT molecular complexity index is 1230. The van der Waals surface area contributed by atoms with Gasteiger partial charge in [0, 0.05) is 30.3 Å². The maximum Gasteiger partial charge on any atom is 0.225 e. The van der Waals surface area contributed by atoms with Crippen LogP contribution < -0.4 is 15.8 Å². The summed E-state index contributed by atoms with van der Waals surface area (Å²) in [5.41, 5.74) is 8.02. The number of ether oxygens (including phenoxy) is 2. The monoisotopic (exact) mass is 442 g/mol. The van der Waals surface area contributed by atoms with E-state index in [0.29, 0.717) is 46.3 Å². The number of rotatable bonds is 7. The maximum atomic E-state index is 14.9. The minimum atomic E-state index is -0.499. The van der Waals surface area contributed by atoms with Crippen molar-refractivity contribution in [2.75, 3.05) is 38.4 Å². The maximum absolute atomic E-state index is 14.9. The van der Waals surface area contributed by atoms with Gasteiger partial charge in [0.05, 0.1) is 30.5 Å². The van der Waals surface area contributed by atoms with Crippen LogP contribution in [0.2, 0.25) is 5.02 Å². The summed E-state index contributed by atoms with van der Waals surface area (Å²) in [5.74, 6) is 0.470. The number of nitrogens with zero attached hydrogens (tertiary/aromatic N) is 4. The van der Waals surface area contributed by atoms with Gasteiger partial charge in [0.1, 0.15) is 17.4 Å². The molecule has 0 spiro atoms. The van der Waals surface area contributed by atoms with Gasteiger partial charge in [-0.25, -0.2) is 14.1 Å². The molecule has 0 aliphatic heterocycles. The summed E-state index contributed by atoms with van der Waals surface area (Å²) >= 11 is 5.99. The predicted octanol–water partition coefficient (Wildman–Crippen LogP) is 3.92. The Labute approximate surface area is 182 Å². The first-order chi connectivity index (χ1) is 15.0. The number of nitrogens with two attached hydrogens (primary N) is 1. The first kappa shape index (κ1) is 20.8. The molecule has 2 aromatic carbocycles. The van der Waals surface area contributed by atoms with E-state index >= 15 is 0 Å². The summed E-state index contributed by atoms with van der Waals surface area (Å²) < 4.78 is 26.6. The number of aromatic nitrogens is 4. The molecule has 0 radical (unpaired) electrons. The van der Waals surface area contributed by atoms with Crippen molar-refractivity contribution in [3.63, 3.8) is 0 Å². The number of nitrogens with one attached hydrogen (secondary N) is 1. The van der Waals surface area contributed by atoms with Crippen LogP contribution in [0.1, 0.15) is 0 Å². The first-order valence-electron chi connectivity index (χ1n) is 9.40. The zero-order valence-electron chi connectivity index (χ0n) is 16.9. The van der Waals surface area contributed by atoms with E-state index in [2.05, 4.69) is 20.4 Å². The van der Waals surface area contributed by atoms with E-state index < -0.39 is 5.82 Å². The van der Waals surface area contributed by atoms with Gasteiger partial charge in [0.25, 0.3) is 0 Å². The van der Waals surface area contributed by atoms with Gasteiger partial charge in [-0.2, -0.15) is 4.98 Å². The molecule has 0 saturated heterocycles. The van der Waals surface area contributed by atoms with Gasteiger partial charge < -0.3 is 20.5 Å². The summed E-state index contributed by atoms with van der Waals surface area (Å²) in [4.78, 5) is 8.99. The Morgan fingerprint density at radius 2 is 1.90 bits per heavy atom. The minimum absolute atomic E-state index is 0.255. The van der Waals surface area contributed by atoms with E-state index in [1.54, 1.807) is 43.5 Å². The molecule has 0 aliphatic carbocycles. The molecule has 0 bridgehead atoms. The van der Waals surface area contributed by atoms with Crippen molar-refractivity contribution >= 4 is 34.4 Å². The van der Waals surface area contributed by atoms with E-state index in [0.717, 1.165) is 0 Å². The summed E-state index contributed by atoms with van der Waals surface area (Å²) in [5, 5.41) is 8.62. The van der Waals surface area contributed by atoms with E-state index in [9.17, 15) is 4.39 Å². The van der Waals surface area contributed by atoms with Crippen molar-refractivity contribution in [3.05, 3.63) is 53.3 Å². The third-order valence-electron chi connectivity index (χ3n) is 4.66. The van der Waals surface area contributed by atoms with Gasteiger partial charge in [-0.05, 0) is 36.4 Å². The van der Waals surface area contributed by atoms with Crippen molar-refractivity contribution in [3.8, 4) is 22.7 Å². The SMILES string of the molecule is COCCNc1nc(-c2ccc(OC)cc2F)c2c(N)n(-c3ccc(Cl)cc3)nc2n1. The molecule has 3 N–H and O–H groups in total. The fourth-order valence-electron chi connectivity index (χ4n) is 3.14. The molecule has 0 saturated carbocycles. The Kier molecular flexibility index (Phi) is 5.88. The first-order valence-corrected chi connectivity index (χ1v) is 9.78. The topological polar surface area (TPSA) is 100 Å². The Morgan fingerprint density at radius 3 is 2.58 bits per heavy atom. The number of methoxy groups -OCH3 is 2. The number of nitrogen functional groups attached to an aromatic ring is 1. The standard InChI is InChI=1S/C21H20ClFN6O2/c1-30-10-9-25-21-26-18(15-8-7-14(31-2)11-16(15)23)17-19(24)29(28-20(17)27-21)13-5-3-12(22)4-6-13/h3-8,11H,9-10,24H2,1-2H3,(H,25,27,28). The van der Waals surface area contributed by atoms with E-state index in [-0.39, 0.29) is 17.3 Å². The quantitative estimate of drug-likeness (QED) is 0.418. The Balaban J connectivity index is 1.92. The Hall–Kier alpha value is -3.43. The molecule has 0 aliphatic rings. The second kappa shape index (κ2) is 8.75. The van der Waals surface area contributed by atoms with Gasteiger partial charge in [-0.3, -0.25) is 0 Å². The van der Waals surface area contributed by atoms with E-state index in [1.165, 1.54) is 17.9 Å². The van der Waals surface area contributed by atoms with Crippen molar-refractivity contribution in [1.29, 1.82) is 0 Å². The van der Waals surface area contributed by atoms with Crippen LogP contribution in [0.25, 0.3) is 28.0 Å². The predicted molar refractivity (Wildman–Crippen MR) is 118 cm³/mol. The largest absolute Gasteiger partial charge is 0.497 e. The number of hydrogen-bond acceptors (Lipinski definition) is 7. The average molecular weight is 443 g/mol. The normalized spacial score (nSPS) is 11.1. The lowest BCUT2D eigenvalue weighted by Gasteiger charge is -2.10. The zero-order chi connectivity index (χ0) is 22.0. The highest BCUT2D eigenvalue weighted by atomic mass is 35.5. The smallest absolute Gasteiger partial charge is 0.225 e. The summed E-state index contributed by atoms with van der Waals surface area (Å²) in [6, 6.07) is 11.6. The second-order valence-corrected chi connectivity index (χ2v) is 7.07. The van der Waals surface area contributed by atoms with E-state index in [1.807, 2.05) is 0 Å². The summed E-state index contributed by atoms with van der Waals surface area (Å²) in [6.07, 6.45) is 0. The molecule has 160 valence electrons. The molecule has 0 atom stereocenters. The average Bonchev–Trinajstić information content (AvgIpc) is 3.10. The van der Waals surface area contributed by atoms with Crippen LogP contribution in [0.4, 0.5) is 16.2 Å². The van der Waals surface area contributed by atoms with Crippen LogP contribution in [0, 0.1) is 5.82 Å². The van der Waals surface area contributed by atoms with Gasteiger partial charge >= 0.3 is 0 Å². The molecule has 4 rings (SSSR count). The molecule has 2 aromatic heterocycles. The Morgan fingerprint density at radius 1 is 1.13 bits per heavy atom. The lowest BCUT2D eigenvalue weighted by Crippen LogP contribution is -2.11. The third kappa shape index (κ3) is 4.10. The van der Waals surface area contributed by atoms with Crippen molar-refractivity contribution in [2.24, 2.45) is 0 Å². The van der Waals surface area contributed by atoms with Crippen LogP contribution in [-0.4, -0.2) is 47.1 Å².